The number of esters is 3. The van der Waals surface area contributed by atoms with Crippen molar-refractivity contribution in [2.45, 2.75) is 297 Å². The lowest BCUT2D eigenvalue weighted by Crippen LogP contribution is -2.30. The molecule has 0 aromatic rings. The molecule has 0 aliphatic carbocycles. The van der Waals surface area contributed by atoms with Gasteiger partial charge < -0.3 is 14.2 Å². The van der Waals surface area contributed by atoms with Crippen molar-refractivity contribution in [1.29, 1.82) is 0 Å². The van der Waals surface area contributed by atoms with Crippen LogP contribution in [0.25, 0.3) is 0 Å². The summed E-state index contributed by atoms with van der Waals surface area (Å²) in [7, 11) is 0. The molecule has 0 heterocycles. The van der Waals surface area contributed by atoms with E-state index < -0.39 is 6.10 Å². The van der Waals surface area contributed by atoms with Gasteiger partial charge in [-0.2, -0.15) is 0 Å². The molecule has 0 rings (SSSR count). The van der Waals surface area contributed by atoms with Crippen LogP contribution < -0.4 is 0 Å². The van der Waals surface area contributed by atoms with Crippen molar-refractivity contribution >= 4 is 17.9 Å². The van der Waals surface area contributed by atoms with Crippen LogP contribution in [0.1, 0.15) is 290 Å². The Hall–Kier alpha value is -3.41. The zero-order valence-corrected chi connectivity index (χ0v) is 46.7. The second kappa shape index (κ2) is 59.2. The molecule has 0 spiro atoms. The number of unbranched alkanes of at least 4 members (excludes halogenated alkanes) is 29. The molecule has 0 aliphatic heterocycles. The Morgan fingerprint density at radius 3 is 0.944 bits per heavy atom. The van der Waals surface area contributed by atoms with Gasteiger partial charge in [-0.15, -0.1) is 0 Å². The van der Waals surface area contributed by atoms with Crippen molar-refractivity contribution in [3.8, 4) is 0 Å². The largest absolute Gasteiger partial charge is 0.462 e. The highest BCUT2D eigenvalue weighted by Crippen LogP contribution is 2.16. The number of allylic oxidation sites excluding steroid dienone is 14. The van der Waals surface area contributed by atoms with Gasteiger partial charge in [-0.05, 0) is 83.5 Å². The molecular formula is C65H112O6. The Labute approximate surface area is 439 Å². The predicted octanol–water partition coefficient (Wildman–Crippen LogP) is 20.3. The van der Waals surface area contributed by atoms with Crippen LogP contribution in [0, 0.1) is 0 Å². The number of carbonyl (C=O) groups excluding carboxylic acids is 3. The van der Waals surface area contributed by atoms with Gasteiger partial charge in [0.15, 0.2) is 6.10 Å². The Morgan fingerprint density at radius 2 is 0.577 bits per heavy atom. The first-order valence-electron chi connectivity index (χ1n) is 30.1. The first kappa shape index (κ1) is 67.6. The van der Waals surface area contributed by atoms with E-state index in [1.54, 1.807) is 0 Å². The summed E-state index contributed by atoms with van der Waals surface area (Å²) < 4.78 is 16.8. The van der Waals surface area contributed by atoms with Gasteiger partial charge in [0.1, 0.15) is 13.2 Å². The van der Waals surface area contributed by atoms with Crippen LogP contribution in [-0.4, -0.2) is 37.2 Å². The molecule has 0 fully saturated rings. The molecule has 0 radical (unpaired) electrons. The highest BCUT2D eigenvalue weighted by atomic mass is 16.6. The summed E-state index contributed by atoms with van der Waals surface area (Å²) in [5.74, 6) is -0.982. The zero-order chi connectivity index (χ0) is 51.4. The summed E-state index contributed by atoms with van der Waals surface area (Å²) in [6.07, 6.45) is 77.4. The first-order chi connectivity index (χ1) is 35.0. The van der Waals surface area contributed by atoms with Crippen molar-refractivity contribution < 1.29 is 28.6 Å². The maximum absolute atomic E-state index is 12.9. The Bertz CT molecular complexity index is 1370. The van der Waals surface area contributed by atoms with Crippen LogP contribution in [0.3, 0.4) is 0 Å². The van der Waals surface area contributed by atoms with Crippen molar-refractivity contribution in [3.63, 3.8) is 0 Å². The van der Waals surface area contributed by atoms with Gasteiger partial charge in [0, 0.05) is 19.3 Å². The van der Waals surface area contributed by atoms with Gasteiger partial charge >= 0.3 is 17.9 Å². The quantitative estimate of drug-likeness (QED) is 0.0261. The number of rotatable bonds is 54. The lowest BCUT2D eigenvalue weighted by atomic mass is 10.0. The molecular weight excluding hydrogens is 877 g/mol. The Kier molecular flexibility index (Phi) is 56.3. The lowest BCUT2D eigenvalue weighted by Gasteiger charge is -2.18. The average molecular weight is 990 g/mol. The van der Waals surface area contributed by atoms with Gasteiger partial charge in [0.25, 0.3) is 0 Å². The maximum Gasteiger partial charge on any atom is 0.306 e. The summed E-state index contributed by atoms with van der Waals surface area (Å²) in [5, 5.41) is 0. The monoisotopic (exact) mass is 989 g/mol. The second-order valence-electron chi connectivity index (χ2n) is 19.9. The molecule has 6 heteroatoms. The molecule has 0 saturated heterocycles. The maximum atomic E-state index is 12.9. The van der Waals surface area contributed by atoms with Crippen LogP contribution in [0.4, 0.5) is 0 Å². The normalized spacial score (nSPS) is 12.7. The van der Waals surface area contributed by atoms with E-state index in [1.165, 1.54) is 161 Å². The molecule has 0 aliphatic rings. The van der Waals surface area contributed by atoms with Crippen LogP contribution in [0.15, 0.2) is 85.1 Å². The average Bonchev–Trinajstić information content (AvgIpc) is 3.37. The summed E-state index contributed by atoms with van der Waals surface area (Å²) in [6.45, 7) is 6.47. The van der Waals surface area contributed by atoms with E-state index in [0.717, 1.165) is 83.5 Å². The molecule has 0 amide bonds. The minimum atomic E-state index is -0.807. The third-order valence-corrected chi connectivity index (χ3v) is 12.9. The summed E-state index contributed by atoms with van der Waals surface area (Å²) in [4.78, 5) is 38.2. The van der Waals surface area contributed by atoms with Gasteiger partial charge in [-0.3, -0.25) is 14.4 Å². The Morgan fingerprint density at radius 1 is 0.296 bits per heavy atom. The van der Waals surface area contributed by atoms with Crippen LogP contribution in [0.2, 0.25) is 0 Å². The van der Waals surface area contributed by atoms with Gasteiger partial charge in [-0.1, -0.05) is 273 Å². The molecule has 1 atom stereocenters. The van der Waals surface area contributed by atoms with Crippen LogP contribution >= 0.6 is 0 Å². The highest BCUT2D eigenvalue weighted by molar-refractivity contribution is 5.71. The molecule has 0 bridgehead atoms. The first-order valence-corrected chi connectivity index (χ1v) is 30.1. The van der Waals surface area contributed by atoms with Crippen molar-refractivity contribution in [3.05, 3.63) is 85.1 Å². The Balaban J connectivity index is 4.38. The molecule has 1 unspecified atom stereocenters. The number of hydrogen-bond acceptors (Lipinski definition) is 6. The molecule has 0 saturated carbocycles. The summed E-state index contributed by atoms with van der Waals surface area (Å²) in [5.41, 5.74) is 0. The lowest BCUT2D eigenvalue weighted by molar-refractivity contribution is -0.166. The van der Waals surface area contributed by atoms with Crippen molar-refractivity contribution in [2.75, 3.05) is 13.2 Å². The fraction of sp³-hybridized carbons (Fsp3) is 0.738. The molecule has 0 aromatic carbocycles. The summed E-state index contributed by atoms with van der Waals surface area (Å²) in [6, 6.07) is 0. The molecule has 71 heavy (non-hydrogen) atoms. The van der Waals surface area contributed by atoms with E-state index in [-0.39, 0.29) is 37.5 Å². The van der Waals surface area contributed by atoms with Crippen molar-refractivity contribution in [1.82, 2.24) is 0 Å². The molecule has 0 N–H and O–H groups in total. The van der Waals surface area contributed by atoms with E-state index in [9.17, 15) is 14.4 Å². The van der Waals surface area contributed by atoms with E-state index in [1.807, 2.05) is 6.08 Å². The highest BCUT2D eigenvalue weighted by Gasteiger charge is 2.19. The smallest absolute Gasteiger partial charge is 0.306 e. The van der Waals surface area contributed by atoms with Crippen molar-refractivity contribution in [2.24, 2.45) is 0 Å². The van der Waals surface area contributed by atoms with E-state index in [4.69, 9.17) is 14.2 Å². The van der Waals surface area contributed by atoms with Gasteiger partial charge in [0.05, 0.1) is 0 Å². The number of hydrogen-bond donors (Lipinski definition) is 0. The van der Waals surface area contributed by atoms with E-state index >= 15 is 0 Å². The SMILES string of the molecule is CC/C=C\C/C=C\C/C=C\C/C=C\CCC(=O)OCC(COC(=O)CCCCCCCCCC/C=C\C/C=C\C/C=C\CCCCCCC)OC(=O)CCCCCCCCCCCCCCCCCCC. The fourth-order valence-electron chi connectivity index (χ4n) is 8.41. The number of carbonyl (C=O) groups is 3. The molecule has 0 aromatic heterocycles. The minimum Gasteiger partial charge on any atom is -0.462 e. The van der Waals surface area contributed by atoms with Gasteiger partial charge in [0.2, 0.25) is 0 Å². The minimum absolute atomic E-state index is 0.101. The standard InChI is InChI=1S/C65H112O6/c1-4-7-10-13-16-19-22-25-27-29-30-31-32-33-34-36-37-40-43-46-49-52-55-58-64(67)70-61-62(60-69-63(66)57-54-51-48-45-42-39-24-21-18-15-12-9-6-3)71-65(68)59-56-53-50-47-44-41-38-35-28-26-23-20-17-14-11-8-5-2/h9,12,18,21-22,25,29-30,32-33,39,42,48,51,62H,4-8,10-11,13-17,19-20,23-24,26-28,31,34-38,40-41,43-47,49-50,52-61H2,1-3H3/b12-9-,21-18-,25-22-,30-29-,33-32-,42-39-,51-48-. The molecule has 408 valence electrons. The van der Waals surface area contributed by atoms with Crippen LogP contribution in [-0.2, 0) is 28.6 Å². The van der Waals surface area contributed by atoms with E-state index in [0.29, 0.717) is 19.3 Å². The fourth-order valence-corrected chi connectivity index (χ4v) is 8.41. The summed E-state index contributed by atoms with van der Waals surface area (Å²) >= 11 is 0. The third kappa shape index (κ3) is 57.4. The number of ether oxygens (including phenoxy) is 3. The molecule has 6 nitrogen and oxygen atoms in total. The topological polar surface area (TPSA) is 78.9 Å². The predicted molar refractivity (Wildman–Crippen MR) is 307 cm³/mol. The van der Waals surface area contributed by atoms with Crippen LogP contribution in [0.5, 0.6) is 0 Å². The van der Waals surface area contributed by atoms with E-state index in [2.05, 4.69) is 99.8 Å². The second-order valence-corrected chi connectivity index (χ2v) is 19.9. The zero-order valence-electron chi connectivity index (χ0n) is 46.7. The van der Waals surface area contributed by atoms with Gasteiger partial charge in [-0.25, -0.2) is 0 Å². The third-order valence-electron chi connectivity index (χ3n) is 12.9.